The van der Waals surface area contributed by atoms with Crippen molar-refractivity contribution in [2.45, 2.75) is 0 Å². The topological polar surface area (TPSA) is 37.3 Å². The molecule has 0 aliphatic rings. The Kier molecular flexibility index (Phi) is 3.50. The molecule has 0 spiro atoms. The van der Waals surface area contributed by atoms with Crippen LogP contribution < -0.4 is 0 Å². The highest BCUT2D eigenvalue weighted by atomic mass is 79.9. The van der Waals surface area contributed by atoms with Gasteiger partial charge in [-0.05, 0) is 22.0 Å². The minimum Gasteiger partial charge on any atom is -0.507 e. The molecule has 0 bridgehead atoms. The fourth-order valence-corrected chi connectivity index (χ4v) is 2.04. The van der Waals surface area contributed by atoms with Crippen molar-refractivity contribution < 1.29 is 9.90 Å². The lowest BCUT2D eigenvalue weighted by Crippen LogP contribution is -2.01. The minimum absolute atomic E-state index is 0.0135. The molecule has 2 aromatic rings. The van der Waals surface area contributed by atoms with E-state index >= 15 is 0 Å². The van der Waals surface area contributed by atoms with Gasteiger partial charge >= 0.3 is 0 Å². The molecular formula is C13H8BrClO2. The summed E-state index contributed by atoms with van der Waals surface area (Å²) < 4.78 is 0.446. The summed E-state index contributed by atoms with van der Waals surface area (Å²) >= 11 is 9.10. The van der Waals surface area contributed by atoms with Crippen LogP contribution >= 0.6 is 27.5 Å². The van der Waals surface area contributed by atoms with Crippen LogP contribution in [0.1, 0.15) is 15.9 Å². The molecule has 0 fully saturated rings. The van der Waals surface area contributed by atoms with E-state index in [1.165, 1.54) is 12.1 Å². The Bertz CT molecular complexity index is 567. The number of phenolic OH excluding ortho intramolecular Hbond substituents is 1. The van der Waals surface area contributed by atoms with Crippen LogP contribution in [0.5, 0.6) is 5.75 Å². The van der Waals surface area contributed by atoms with Crippen LogP contribution in [-0.2, 0) is 0 Å². The van der Waals surface area contributed by atoms with Crippen molar-refractivity contribution in [2.75, 3.05) is 0 Å². The lowest BCUT2D eigenvalue weighted by Gasteiger charge is -2.05. The van der Waals surface area contributed by atoms with Gasteiger partial charge in [0, 0.05) is 17.2 Å². The van der Waals surface area contributed by atoms with Gasteiger partial charge in [0.05, 0.1) is 9.50 Å². The Hall–Kier alpha value is -1.32. The van der Waals surface area contributed by atoms with Gasteiger partial charge in [0.2, 0.25) is 0 Å². The number of hydrogen-bond acceptors (Lipinski definition) is 2. The molecule has 2 nitrogen and oxygen atoms in total. The molecule has 2 rings (SSSR count). The molecule has 4 heteroatoms. The molecule has 17 heavy (non-hydrogen) atoms. The van der Waals surface area contributed by atoms with E-state index in [-0.39, 0.29) is 16.6 Å². The van der Waals surface area contributed by atoms with Gasteiger partial charge in [-0.2, -0.15) is 0 Å². The van der Waals surface area contributed by atoms with Gasteiger partial charge in [0.15, 0.2) is 5.78 Å². The second-order valence-electron chi connectivity index (χ2n) is 3.48. The zero-order valence-corrected chi connectivity index (χ0v) is 11.0. The maximum atomic E-state index is 12.1. The van der Waals surface area contributed by atoms with E-state index in [0.717, 1.165) is 0 Å². The standard InChI is InChI=1S/C13H8BrClO2/c14-10-6-9(11(15)7-12(10)16)13(17)8-4-2-1-3-5-8/h1-7,16H. The Morgan fingerprint density at radius 1 is 1.18 bits per heavy atom. The average molecular weight is 312 g/mol. The van der Waals surface area contributed by atoms with Crippen LogP contribution in [0.25, 0.3) is 0 Å². The van der Waals surface area contributed by atoms with E-state index in [0.29, 0.717) is 15.6 Å². The van der Waals surface area contributed by atoms with Crippen molar-refractivity contribution >= 4 is 33.3 Å². The van der Waals surface area contributed by atoms with E-state index in [9.17, 15) is 9.90 Å². The molecule has 0 saturated heterocycles. The lowest BCUT2D eigenvalue weighted by atomic mass is 10.0. The zero-order valence-electron chi connectivity index (χ0n) is 8.65. The van der Waals surface area contributed by atoms with Crippen LogP contribution in [0, 0.1) is 0 Å². The second kappa shape index (κ2) is 4.90. The number of benzene rings is 2. The minimum atomic E-state index is -0.170. The molecule has 1 N–H and O–H groups in total. The normalized spacial score (nSPS) is 10.2. The molecule has 0 aromatic heterocycles. The van der Waals surface area contributed by atoms with Crippen molar-refractivity contribution in [3.63, 3.8) is 0 Å². The SMILES string of the molecule is O=C(c1ccccc1)c1cc(Br)c(O)cc1Cl. The van der Waals surface area contributed by atoms with Gasteiger partial charge in [0.25, 0.3) is 0 Å². The van der Waals surface area contributed by atoms with E-state index < -0.39 is 0 Å². The predicted molar refractivity (Wildman–Crippen MR) is 70.7 cm³/mol. The summed E-state index contributed by atoms with van der Waals surface area (Å²) in [5.74, 6) is -0.157. The first-order valence-electron chi connectivity index (χ1n) is 4.87. The summed E-state index contributed by atoms with van der Waals surface area (Å²) in [5, 5.41) is 9.67. The first kappa shape index (κ1) is 12.1. The molecule has 0 unspecified atom stereocenters. The molecule has 0 saturated carbocycles. The van der Waals surface area contributed by atoms with Crippen molar-refractivity contribution in [1.82, 2.24) is 0 Å². The maximum absolute atomic E-state index is 12.1. The van der Waals surface area contributed by atoms with Gasteiger partial charge in [-0.15, -0.1) is 0 Å². The fourth-order valence-electron chi connectivity index (χ4n) is 1.46. The van der Waals surface area contributed by atoms with Crippen molar-refractivity contribution in [1.29, 1.82) is 0 Å². The monoisotopic (exact) mass is 310 g/mol. The number of ketones is 1. The Labute approximate surface area is 112 Å². The molecule has 0 heterocycles. The fraction of sp³-hybridized carbons (Fsp3) is 0. The van der Waals surface area contributed by atoms with Gasteiger partial charge in [0.1, 0.15) is 5.75 Å². The number of halogens is 2. The van der Waals surface area contributed by atoms with Gasteiger partial charge in [-0.3, -0.25) is 4.79 Å². The van der Waals surface area contributed by atoms with Gasteiger partial charge < -0.3 is 5.11 Å². The van der Waals surface area contributed by atoms with Crippen molar-refractivity contribution in [3.8, 4) is 5.75 Å². The smallest absolute Gasteiger partial charge is 0.194 e. The number of aromatic hydroxyl groups is 1. The summed E-state index contributed by atoms with van der Waals surface area (Å²) in [6.07, 6.45) is 0. The third-order valence-electron chi connectivity index (χ3n) is 2.32. The molecule has 0 aliphatic heterocycles. The molecular weight excluding hydrogens is 303 g/mol. The summed E-state index contributed by atoms with van der Waals surface area (Å²) in [7, 11) is 0. The first-order chi connectivity index (χ1) is 8.09. The molecule has 0 atom stereocenters. The Balaban J connectivity index is 2.48. The third-order valence-corrected chi connectivity index (χ3v) is 3.26. The zero-order chi connectivity index (χ0) is 12.4. The highest BCUT2D eigenvalue weighted by Gasteiger charge is 2.14. The molecule has 0 radical (unpaired) electrons. The molecule has 86 valence electrons. The highest BCUT2D eigenvalue weighted by molar-refractivity contribution is 9.10. The van der Waals surface area contributed by atoms with E-state index in [1.54, 1.807) is 24.3 Å². The Morgan fingerprint density at radius 2 is 1.82 bits per heavy atom. The highest BCUT2D eigenvalue weighted by Crippen LogP contribution is 2.31. The van der Waals surface area contributed by atoms with Gasteiger partial charge in [-0.25, -0.2) is 0 Å². The first-order valence-corrected chi connectivity index (χ1v) is 6.04. The van der Waals surface area contributed by atoms with Crippen LogP contribution in [0.15, 0.2) is 46.9 Å². The molecule has 0 amide bonds. The van der Waals surface area contributed by atoms with Crippen LogP contribution in [0.2, 0.25) is 5.02 Å². The quantitative estimate of drug-likeness (QED) is 0.850. The van der Waals surface area contributed by atoms with Crippen LogP contribution in [-0.4, -0.2) is 10.9 Å². The number of hydrogen-bond donors (Lipinski definition) is 1. The van der Waals surface area contributed by atoms with Crippen LogP contribution in [0.4, 0.5) is 0 Å². The van der Waals surface area contributed by atoms with Crippen molar-refractivity contribution in [3.05, 3.63) is 63.1 Å². The number of phenols is 1. The summed E-state index contributed by atoms with van der Waals surface area (Å²) in [4.78, 5) is 12.1. The van der Waals surface area contributed by atoms with E-state index in [1.807, 2.05) is 6.07 Å². The van der Waals surface area contributed by atoms with Crippen molar-refractivity contribution in [2.24, 2.45) is 0 Å². The number of carbonyl (C=O) groups is 1. The number of carbonyl (C=O) groups excluding carboxylic acids is 1. The summed E-state index contributed by atoms with van der Waals surface area (Å²) in [5.41, 5.74) is 0.925. The summed E-state index contributed by atoms with van der Waals surface area (Å²) in [6, 6.07) is 11.7. The lowest BCUT2D eigenvalue weighted by molar-refractivity contribution is 0.103. The van der Waals surface area contributed by atoms with Gasteiger partial charge in [-0.1, -0.05) is 41.9 Å². The Morgan fingerprint density at radius 3 is 2.47 bits per heavy atom. The largest absolute Gasteiger partial charge is 0.507 e. The molecule has 0 aliphatic carbocycles. The predicted octanol–water partition coefficient (Wildman–Crippen LogP) is 4.04. The summed E-state index contributed by atoms with van der Waals surface area (Å²) in [6.45, 7) is 0. The van der Waals surface area contributed by atoms with E-state index in [4.69, 9.17) is 11.6 Å². The molecule has 2 aromatic carbocycles. The van der Waals surface area contributed by atoms with Crippen LogP contribution in [0.3, 0.4) is 0 Å². The van der Waals surface area contributed by atoms with E-state index in [2.05, 4.69) is 15.9 Å². The average Bonchev–Trinajstić information content (AvgIpc) is 2.34. The maximum Gasteiger partial charge on any atom is 0.194 e. The second-order valence-corrected chi connectivity index (χ2v) is 4.74. The third kappa shape index (κ3) is 2.51. The number of rotatable bonds is 2.